The molecule has 1 aliphatic rings. The highest BCUT2D eigenvalue weighted by Gasteiger charge is 2.39. The van der Waals surface area contributed by atoms with Crippen LogP contribution in [-0.4, -0.2) is 20.7 Å². The van der Waals surface area contributed by atoms with Gasteiger partial charge in [0.2, 0.25) is 5.91 Å². The molecule has 1 amide bonds. The van der Waals surface area contributed by atoms with Gasteiger partial charge in [-0.15, -0.1) is 0 Å². The molecular weight excluding hydrogens is 256 g/mol. The first-order chi connectivity index (χ1) is 9.52. The van der Waals surface area contributed by atoms with E-state index in [9.17, 15) is 9.59 Å². The summed E-state index contributed by atoms with van der Waals surface area (Å²) < 4.78 is 1.67. The van der Waals surface area contributed by atoms with Gasteiger partial charge >= 0.3 is 0 Å². The third-order valence-corrected chi connectivity index (χ3v) is 4.04. The minimum Gasteiger partial charge on any atom is -0.312 e. The average Bonchev–Trinajstić information content (AvgIpc) is 3.00. The maximum atomic E-state index is 12.4. The lowest BCUT2D eigenvalue weighted by Crippen LogP contribution is -2.23. The predicted molar refractivity (Wildman–Crippen MR) is 76.7 cm³/mol. The second-order valence-electron chi connectivity index (χ2n) is 5.50. The van der Waals surface area contributed by atoms with Crippen LogP contribution in [0.1, 0.15) is 26.0 Å². The topological polar surface area (TPSA) is 79.8 Å². The van der Waals surface area contributed by atoms with Gasteiger partial charge in [-0.3, -0.25) is 14.7 Å². The van der Waals surface area contributed by atoms with Crippen LogP contribution < -0.4 is 10.9 Å². The zero-order chi connectivity index (χ0) is 14.4. The monoisotopic (exact) mass is 274 g/mol. The van der Waals surface area contributed by atoms with E-state index in [1.807, 2.05) is 26.8 Å². The van der Waals surface area contributed by atoms with Gasteiger partial charge in [0.05, 0.1) is 5.52 Å². The Hall–Kier alpha value is -2.11. The highest BCUT2D eigenvalue weighted by molar-refractivity contribution is 6.01. The Labute approximate surface area is 116 Å². The summed E-state index contributed by atoms with van der Waals surface area (Å²) in [5.74, 6) is 0.778. The molecule has 0 saturated heterocycles. The number of amides is 1. The summed E-state index contributed by atoms with van der Waals surface area (Å²) >= 11 is 0. The third kappa shape index (κ3) is 1.92. The van der Waals surface area contributed by atoms with Crippen LogP contribution in [0.15, 0.2) is 10.9 Å². The number of fused-ring (bicyclic) bond motifs is 1. The van der Waals surface area contributed by atoms with E-state index in [0.29, 0.717) is 29.2 Å². The van der Waals surface area contributed by atoms with Crippen LogP contribution >= 0.6 is 0 Å². The highest BCUT2D eigenvalue weighted by Crippen LogP contribution is 2.38. The summed E-state index contributed by atoms with van der Waals surface area (Å²) in [5, 5.41) is 10.1. The fourth-order valence-electron chi connectivity index (χ4n) is 2.64. The lowest BCUT2D eigenvalue weighted by atomic mass is 10.2. The van der Waals surface area contributed by atoms with Crippen molar-refractivity contribution in [3.8, 4) is 0 Å². The third-order valence-electron chi connectivity index (χ3n) is 4.04. The van der Waals surface area contributed by atoms with E-state index in [-0.39, 0.29) is 17.4 Å². The standard InChI is InChI=1S/C14H18N4O2/c1-4-18-8(3)6-10-11(14(18)20)12(17-16-10)15-13(19)9-5-7(9)2/h6-7,9H,4-5H2,1-3H3,(H2,15,16,17,19)/t7-,9-/m0/s1. The molecule has 0 radical (unpaired) electrons. The Kier molecular flexibility index (Phi) is 2.88. The van der Waals surface area contributed by atoms with Gasteiger partial charge in [0.1, 0.15) is 5.39 Å². The zero-order valence-electron chi connectivity index (χ0n) is 11.9. The minimum absolute atomic E-state index is 0.0473. The molecule has 1 fully saturated rings. The van der Waals surface area contributed by atoms with Gasteiger partial charge in [-0.05, 0) is 32.3 Å². The van der Waals surface area contributed by atoms with Crippen molar-refractivity contribution < 1.29 is 4.79 Å². The maximum absolute atomic E-state index is 12.4. The Morgan fingerprint density at radius 1 is 1.60 bits per heavy atom. The van der Waals surface area contributed by atoms with Crippen LogP contribution in [0.5, 0.6) is 0 Å². The number of hydrogen-bond donors (Lipinski definition) is 2. The normalized spacial score (nSPS) is 21.1. The van der Waals surface area contributed by atoms with E-state index in [1.54, 1.807) is 4.57 Å². The van der Waals surface area contributed by atoms with E-state index in [4.69, 9.17) is 0 Å². The van der Waals surface area contributed by atoms with Gasteiger partial charge in [0, 0.05) is 18.2 Å². The van der Waals surface area contributed by atoms with Gasteiger partial charge < -0.3 is 9.88 Å². The van der Waals surface area contributed by atoms with Crippen molar-refractivity contribution in [2.24, 2.45) is 11.8 Å². The fourth-order valence-corrected chi connectivity index (χ4v) is 2.64. The molecule has 2 N–H and O–H groups in total. The summed E-state index contributed by atoms with van der Waals surface area (Å²) in [5.41, 5.74) is 1.43. The Balaban J connectivity index is 2.04. The molecule has 106 valence electrons. The van der Waals surface area contributed by atoms with Crippen molar-refractivity contribution in [1.29, 1.82) is 0 Å². The number of nitrogens with one attached hydrogen (secondary N) is 2. The van der Waals surface area contributed by atoms with Gasteiger partial charge in [-0.1, -0.05) is 6.92 Å². The van der Waals surface area contributed by atoms with Crippen molar-refractivity contribution >= 4 is 22.6 Å². The van der Waals surface area contributed by atoms with Crippen LogP contribution in [0.2, 0.25) is 0 Å². The molecule has 0 unspecified atom stereocenters. The summed E-state index contributed by atoms with van der Waals surface area (Å²) in [6.45, 7) is 6.44. The molecule has 2 aromatic heterocycles. The first kappa shape index (κ1) is 12.9. The Bertz CT molecular complexity index is 743. The molecule has 1 saturated carbocycles. The number of H-pyrrole nitrogens is 1. The summed E-state index contributed by atoms with van der Waals surface area (Å²) in [6, 6.07) is 1.88. The number of carbonyl (C=O) groups excluding carboxylic acids is 1. The first-order valence-electron chi connectivity index (χ1n) is 6.92. The minimum atomic E-state index is -0.115. The SMILES string of the molecule is CCn1c(C)cc2[nH]nc(NC(=O)[C@H]3C[C@@H]3C)c2c1=O. The number of carbonyl (C=O) groups is 1. The van der Waals surface area contributed by atoms with Crippen LogP contribution in [0.4, 0.5) is 5.82 Å². The number of nitrogens with zero attached hydrogens (tertiary/aromatic N) is 2. The lowest BCUT2D eigenvalue weighted by molar-refractivity contribution is -0.117. The van der Waals surface area contributed by atoms with E-state index < -0.39 is 0 Å². The smallest absolute Gasteiger partial charge is 0.264 e. The molecule has 1 aliphatic carbocycles. The van der Waals surface area contributed by atoms with Crippen molar-refractivity contribution in [1.82, 2.24) is 14.8 Å². The second kappa shape index (κ2) is 4.47. The number of aromatic nitrogens is 3. The molecule has 6 nitrogen and oxygen atoms in total. The Morgan fingerprint density at radius 3 is 2.90 bits per heavy atom. The highest BCUT2D eigenvalue weighted by atomic mass is 16.2. The number of anilines is 1. The number of pyridine rings is 1. The summed E-state index contributed by atoms with van der Waals surface area (Å²) in [7, 11) is 0. The van der Waals surface area contributed by atoms with E-state index in [2.05, 4.69) is 15.5 Å². The molecule has 0 bridgehead atoms. The summed E-state index contributed by atoms with van der Waals surface area (Å²) in [4.78, 5) is 24.4. The van der Waals surface area contributed by atoms with Crippen molar-refractivity contribution in [2.75, 3.05) is 5.32 Å². The molecule has 0 spiro atoms. The molecular formula is C14H18N4O2. The molecule has 0 aromatic carbocycles. The van der Waals surface area contributed by atoms with E-state index in [1.165, 1.54) is 0 Å². The molecule has 20 heavy (non-hydrogen) atoms. The number of hydrogen-bond acceptors (Lipinski definition) is 3. The molecule has 3 rings (SSSR count). The molecule has 2 aromatic rings. The first-order valence-corrected chi connectivity index (χ1v) is 6.92. The van der Waals surface area contributed by atoms with Crippen LogP contribution in [0, 0.1) is 18.8 Å². The zero-order valence-corrected chi connectivity index (χ0v) is 11.9. The maximum Gasteiger partial charge on any atom is 0.264 e. The molecule has 6 heteroatoms. The average molecular weight is 274 g/mol. The number of aromatic amines is 1. The summed E-state index contributed by atoms with van der Waals surface area (Å²) in [6.07, 6.45) is 0.909. The second-order valence-corrected chi connectivity index (χ2v) is 5.50. The van der Waals surface area contributed by atoms with Crippen LogP contribution in [-0.2, 0) is 11.3 Å². The fraction of sp³-hybridized carbons (Fsp3) is 0.500. The van der Waals surface area contributed by atoms with Crippen molar-refractivity contribution in [3.05, 3.63) is 22.1 Å². The predicted octanol–water partition coefficient (Wildman–Crippen LogP) is 1.65. The van der Waals surface area contributed by atoms with Crippen LogP contribution in [0.25, 0.3) is 10.9 Å². The number of aryl methyl sites for hydroxylation is 1. The van der Waals surface area contributed by atoms with Gasteiger partial charge in [-0.2, -0.15) is 5.10 Å². The van der Waals surface area contributed by atoms with E-state index >= 15 is 0 Å². The van der Waals surface area contributed by atoms with Crippen molar-refractivity contribution in [2.45, 2.75) is 33.7 Å². The number of rotatable bonds is 3. The van der Waals surface area contributed by atoms with Gasteiger partial charge in [0.25, 0.3) is 5.56 Å². The largest absolute Gasteiger partial charge is 0.312 e. The lowest BCUT2D eigenvalue weighted by Gasteiger charge is -2.07. The van der Waals surface area contributed by atoms with Crippen LogP contribution in [0.3, 0.4) is 0 Å². The molecule has 2 atom stereocenters. The Morgan fingerprint density at radius 2 is 2.30 bits per heavy atom. The van der Waals surface area contributed by atoms with Gasteiger partial charge in [-0.25, -0.2) is 0 Å². The van der Waals surface area contributed by atoms with E-state index in [0.717, 1.165) is 12.1 Å². The quantitative estimate of drug-likeness (QED) is 0.893. The molecule has 2 heterocycles. The van der Waals surface area contributed by atoms with Crippen molar-refractivity contribution in [3.63, 3.8) is 0 Å². The molecule has 0 aliphatic heterocycles. The van der Waals surface area contributed by atoms with Gasteiger partial charge in [0.15, 0.2) is 5.82 Å².